The number of aliphatic hydroxyl groups excluding tert-OH is 1. The lowest BCUT2D eigenvalue weighted by molar-refractivity contribution is 0.0409. The lowest BCUT2D eigenvalue weighted by Crippen LogP contribution is -1.90. The Morgan fingerprint density at radius 3 is 2.82 bits per heavy atom. The predicted octanol–water partition coefficient (Wildman–Crippen LogP) is 1.66. The number of ether oxygens (including phenoxy) is 1. The molecule has 0 aliphatic carbocycles. The van der Waals surface area contributed by atoms with Crippen LogP contribution in [-0.2, 0) is 0 Å². The molecule has 0 heterocycles. The van der Waals surface area contributed by atoms with E-state index in [1.165, 1.54) is 19.2 Å². The van der Waals surface area contributed by atoms with Gasteiger partial charge in [-0.3, -0.25) is 0 Å². The van der Waals surface area contributed by atoms with Gasteiger partial charge in [-0.1, -0.05) is 12.1 Å². The molecule has 1 aromatic carbocycles. The summed E-state index contributed by atoms with van der Waals surface area (Å²) < 4.78 is 17.1. The van der Waals surface area contributed by atoms with Crippen LogP contribution in [0.15, 0.2) is 24.3 Å². The summed E-state index contributed by atoms with van der Waals surface area (Å²) >= 11 is 0. The average molecular weight is 156 g/mol. The Labute approximate surface area is 64.2 Å². The van der Waals surface area contributed by atoms with E-state index in [1.807, 2.05) is 0 Å². The average Bonchev–Trinajstić information content (AvgIpc) is 2.05. The van der Waals surface area contributed by atoms with Crippen molar-refractivity contribution in [3.05, 3.63) is 29.8 Å². The van der Waals surface area contributed by atoms with E-state index in [0.717, 1.165) is 0 Å². The maximum absolute atomic E-state index is 12.3. The fourth-order valence-electron chi connectivity index (χ4n) is 0.790. The highest BCUT2D eigenvalue weighted by Gasteiger charge is 2.03. The van der Waals surface area contributed by atoms with Gasteiger partial charge in [0.1, 0.15) is 5.75 Å². The normalized spacial score (nSPS) is 12.6. The molecule has 1 N–H and O–H groups in total. The molecule has 0 bridgehead atoms. The quantitative estimate of drug-likeness (QED) is 0.705. The fraction of sp³-hybridized carbons (Fsp3) is 0.250. The first-order valence-corrected chi connectivity index (χ1v) is 3.20. The number of alkyl halides is 1. The molecule has 0 aliphatic rings. The Morgan fingerprint density at radius 1 is 1.55 bits per heavy atom. The summed E-state index contributed by atoms with van der Waals surface area (Å²) in [5, 5.41) is 8.52. The van der Waals surface area contributed by atoms with Crippen LogP contribution in [0.25, 0.3) is 0 Å². The van der Waals surface area contributed by atoms with Gasteiger partial charge in [0.15, 0.2) is 0 Å². The van der Waals surface area contributed by atoms with Crippen LogP contribution in [0.2, 0.25) is 0 Å². The summed E-state index contributed by atoms with van der Waals surface area (Å²) in [5.74, 6) is 0.541. The van der Waals surface area contributed by atoms with Crippen molar-refractivity contribution >= 4 is 0 Å². The molecular formula is C8H9FO2. The van der Waals surface area contributed by atoms with Crippen molar-refractivity contribution in [1.82, 2.24) is 0 Å². The van der Waals surface area contributed by atoms with Crippen LogP contribution >= 0.6 is 0 Å². The van der Waals surface area contributed by atoms with Crippen LogP contribution in [0.4, 0.5) is 4.39 Å². The molecule has 3 heteroatoms. The third-order valence-corrected chi connectivity index (χ3v) is 1.37. The minimum atomic E-state index is -1.93. The number of aliphatic hydroxyl groups is 1. The van der Waals surface area contributed by atoms with Gasteiger partial charge in [-0.05, 0) is 12.1 Å². The Balaban J connectivity index is 2.91. The largest absolute Gasteiger partial charge is 0.497 e. The molecule has 0 spiro atoms. The molecule has 0 saturated heterocycles. The van der Waals surface area contributed by atoms with E-state index in [0.29, 0.717) is 5.75 Å². The molecule has 0 aromatic heterocycles. The van der Waals surface area contributed by atoms with Gasteiger partial charge in [0.05, 0.1) is 7.11 Å². The van der Waals surface area contributed by atoms with Crippen molar-refractivity contribution in [3.8, 4) is 5.75 Å². The zero-order valence-electron chi connectivity index (χ0n) is 6.12. The Hall–Kier alpha value is -1.09. The zero-order chi connectivity index (χ0) is 8.27. The molecule has 1 aromatic rings. The topological polar surface area (TPSA) is 29.5 Å². The molecule has 0 amide bonds. The van der Waals surface area contributed by atoms with E-state index >= 15 is 0 Å². The number of hydrogen-bond donors (Lipinski definition) is 1. The van der Waals surface area contributed by atoms with Crippen molar-refractivity contribution in [2.24, 2.45) is 0 Å². The summed E-state index contributed by atoms with van der Waals surface area (Å²) in [6, 6.07) is 6.25. The number of methoxy groups -OCH3 is 1. The van der Waals surface area contributed by atoms with Crippen LogP contribution in [0.3, 0.4) is 0 Å². The highest BCUT2D eigenvalue weighted by atomic mass is 19.1. The lowest BCUT2D eigenvalue weighted by atomic mass is 10.2. The lowest BCUT2D eigenvalue weighted by Gasteiger charge is -2.03. The van der Waals surface area contributed by atoms with E-state index in [4.69, 9.17) is 9.84 Å². The van der Waals surface area contributed by atoms with Gasteiger partial charge in [0.25, 0.3) is 0 Å². The van der Waals surface area contributed by atoms with Crippen LogP contribution in [0, 0.1) is 0 Å². The van der Waals surface area contributed by atoms with Crippen molar-refractivity contribution in [1.29, 1.82) is 0 Å². The molecule has 11 heavy (non-hydrogen) atoms. The number of rotatable bonds is 2. The summed E-state index contributed by atoms with van der Waals surface area (Å²) in [7, 11) is 1.49. The maximum atomic E-state index is 12.3. The van der Waals surface area contributed by atoms with Gasteiger partial charge in [0.2, 0.25) is 6.36 Å². The molecule has 2 nitrogen and oxygen atoms in total. The zero-order valence-corrected chi connectivity index (χ0v) is 6.12. The van der Waals surface area contributed by atoms with E-state index in [1.54, 1.807) is 12.1 Å². The first kappa shape index (κ1) is 8.01. The highest BCUT2D eigenvalue weighted by molar-refractivity contribution is 5.28. The molecule has 0 aliphatic heterocycles. The predicted molar refractivity (Wildman–Crippen MR) is 39.1 cm³/mol. The highest BCUT2D eigenvalue weighted by Crippen LogP contribution is 2.19. The SMILES string of the molecule is COc1cccc(C(O)F)c1. The monoisotopic (exact) mass is 156 g/mol. The maximum Gasteiger partial charge on any atom is 0.222 e. The Morgan fingerprint density at radius 2 is 2.27 bits per heavy atom. The summed E-state index contributed by atoms with van der Waals surface area (Å²) in [6.07, 6.45) is -1.93. The second kappa shape index (κ2) is 3.34. The summed E-state index contributed by atoms with van der Waals surface area (Å²) in [4.78, 5) is 0. The molecule has 1 unspecified atom stereocenters. The van der Waals surface area contributed by atoms with E-state index in [2.05, 4.69) is 0 Å². The third kappa shape index (κ3) is 1.91. The molecule has 0 radical (unpaired) electrons. The Bertz CT molecular complexity index is 235. The number of benzene rings is 1. The van der Waals surface area contributed by atoms with Gasteiger partial charge in [0, 0.05) is 5.56 Å². The second-order valence-corrected chi connectivity index (χ2v) is 2.11. The van der Waals surface area contributed by atoms with Crippen LogP contribution in [-0.4, -0.2) is 12.2 Å². The Kier molecular flexibility index (Phi) is 2.44. The van der Waals surface area contributed by atoms with E-state index in [-0.39, 0.29) is 5.56 Å². The van der Waals surface area contributed by atoms with Crippen molar-refractivity contribution < 1.29 is 14.2 Å². The fourth-order valence-corrected chi connectivity index (χ4v) is 0.790. The van der Waals surface area contributed by atoms with Gasteiger partial charge < -0.3 is 9.84 Å². The van der Waals surface area contributed by atoms with Crippen molar-refractivity contribution in [3.63, 3.8) is 0 Å². The third-order valence-electron chi connectivity index (χ3n) is 1.37. The smallest absolute Gasteiger partial charge is 0.222 e. The first-order valence-electron chi connectivity index (χ1n) is 3.20. The first-order chi connectivity index (χ1) is 5.24. The summed E-state index contributed by atoms with van der Waals surface area (Å²) in [6.45, 7) is 0. The van der Waals surface area contributed by atoms with E-state index in [9.17, 15) is 4.39 Å². The molecule has 1 rings (SSSR count). The second-order valence-electron chi connectivity index (χ2n) is 2.11. The van der Waals surface area contributed by atoms with Crippen molar-refractivity contribution in [2.75, 3.05) is 7.11 Å². The van der Waals surface area contributed by atoms with Crippen LogP contribution in [0.5, 0.6) is 5.75 Å². The number of halogens is 1. The van der Waals surface area contributed by atoms with Gasteiger partial charge in [-0.25, -0.2) is 4.39 Å². The minimum Gasteiger partial charge on any atom is -0.497 e. The summed E-state index contributed by atoms with van der Waals surface area (Å²) in [5.41, 5.74) is 0.212. The van der Waals surface area contributed by atoms with Crippen LogP contribution < -0.4 is 4.74 Å². The molecular weight excluding hydrogens is 147 g/mol. The van der Waals surface area contributed by atoms with Gasteiger partial charge in [-0.2, -0.15) is 0 Å². The molecule has 0 fully saturated rings. The van der Waals surface area contributed by atoms with Crippen molar-refractivity contribution in [2.45, 2.75) is 6.36 Å². The van der Waals surface area contributed by atoms with Gasteiger partial charge in [-0.15, -0.1) is 0 Å². The molecule has 60 valence electrons. The standard InChI is InChI=1S/C8H9FO2/c1-11-7-4-2-3-6(5-7)8(9)10/h2-5,8,10H,1H3. The molecule has 1 atom stereocenters. The van der Waals surface area contributed by atoms with Gasteiger partial charge >= 0.3 is 0 Å². The van der Waals surface area contributed by atoms with Crippen LogP contribution in [0.1, 0.15) is 11.9 Å². The number of hydrogen-bond acceptors (Lipinski definition) is 2. The van der Waals surface area contributed by atoms with E-state index < -0.39 is 6.36 Å². The minimum absolute atomic E-state index is 0.212. The molecule has 0 saturated carbocycles.